The summed E-state index contributed by atoms with van der Waals surface area (Å²) < 4.78 is 0. The first kappa shape index (κ1) is 9.54. The van der Waals surface area contributed by atoms with Gasteiger partial charge in [0.25, 0.3) is 0 Å². The van der Waals surface area contributed by atoms with Crippen LogP contribution in [0.2, 0.25) is 0 Å². The smallest absolute Gasteiger partial charge is 0.138 e. The molecule has 0 atom stereocenters. The molecular weight excluding hydrogens is 124 g/mol. The molecule has 0 aromatic heterocycles. The van der Waals surface area contributed by atoms with Gasteiger partial charge in [-0.2, -0.15) is 0 Å². The van der Waals surface area contributed by atoms with E-state index in [1.807, 2.05) is 0 Å². The molecule has 0 heterocycles. The molecule has 59 valence electrons. The van der Waals surface area contributed by atoms with Crippen LogP contribution in [0.1, 0.15) is 39.5 Å². The van der Waals surface area contributed by atoms with E-state index in [0.29, 0.717) is 0 Å². The highest BCUT2D eigenvalue weighted by atomic mass is 16.2. The number of hydrogen-bond acceptors (Lipinski definition) is 0. The Morgan fingerprint density at radius 3 is 2.30 bits per heavy atom. The van der Waals surface area contributed by atoms with Gasteiger partial charge in [0.05, 0.1) is 0 Å². The monoisotopic (exact) mass is 141 g/mol. The standard InChI is InChI=1S/C9H17O/c1-3-9(4-2)7-5-6-8-10/h6,8-9H,3-5,7H2,1-2H3. The van der Waals surface area contributed by atoms with Gasteiger partial charge in [0.1, 0.15) is 6.26 Å². The van der Waals surface area contributed by atoms with E-state index in [2.05, 4.69) is 13.8 Å². The van der Waals surface area contributed by atoms with Crippen LogP contribution in [0.4, 0.5) is 0 Å². The third kappa shape index (κ3) is 4.42. The number of rotatable bonds is 5. The fraction of sp³-hybridized carbons (Fsp3) is 0.778. The molecular formula is C9H17O. The van der Waals surface area contributed by atoms with Gasteiger partial charge >= 0.3 is 0 Å². The lowest BCUT2D eigenvalue weighted by Crippen LogP contribution is -1.94. The summed E-state index contributed by atoms with van der Waals surface area (Å²) in [4.78, 5) is 0. The van der Waals surface area contributed by atoms with Gasteiger partial charge in [0.2, 0.25) is 0 Å². The Labute approximate surface area is 63.8 Å². The minimum Gasteiger partial charge on any atom is -0.299 e. The average Bonchev–Trinajstić information content (AvgIpc) is 1.99. The van der Waals surface area contributed by atoms with Crippen LogP contribution in [-0.4, -0.2) is 0 Å². The lowest BCUT2D eigenvalue weighted by atomic mass is 9.98. The van der Waals surface area contributed by atoms with Crippen molar-refractivity contribution >= 4 is 0 Å². The van der Waals surface area contributed by atoms with Gasteiger partial charge < -0.3 is 0 Å². The first-order valence-electron chi connectivity index (χ1n) is 4.12. The summed E-state index contributed by atoms with van der Waals surface area (Å²) in [6.07, 6.45) is 7.20. The van der Waals surface area contributed by atoms with Crippen LogP contribution in [0.5, 0.6) is 0 Å². The van der Waals surface area contributed by atoms with Crippen LogP contribution >= 0.6 is 0 Å². The molecule has 1 radical (unpaired) electrons. The molecule has 1 heteroatoms. The highest BCUT2D eigenvalue weighted by Crippen LogP contribution is 2.14. The van der Waals surface area contributed by atoms with Crippen LogP contribution in [0, 0.1) is 5.92 Å². The molecule has 0 saturated heterocycles. The summed E-state index contributed by atoms with van der Waals surface area (Å²) in [5, 5.41) is 9.91. The molecule has 0 bridgehead atoms. The van der Waals surface area contributed by atoms with Crippen molar-refractivity contribution in [1.29, 1.82) is 0 Å². The van der Waals surface area contributed by atoms with E-state index >= 15 is 0 Å². The van der Waals surface area contributed by atoms with Crippen LogP contribution in [-0.2, 0) is 5.11 Å². The van der Waals surface area contributed by atoms with E-state index in [4.69, 9.17) is 0 Å². The molecule has 0 aliphatic heterocycles. The SMILES string of the molecule is CCC(CC)CCC=C[O]. The molecule has 0 aromatic rings. The lowest BCUT2D eigenvalue weighted by molar-refractivity contribution is 0.348. The molecule has 0 amide bonds. The van der Waals surface area contributed by atoms with Crippen molar-refractivity contribution in [2.45, 2.75) is 39.5 Å². The van der Waals surface area contributed by atoms with Gasteiger partial charge in [-0.25, -0.2) is 0 Å². The second-order valence-corrected chi connectivity index (χ2v) is 2.63. The van der Waals surface area contributed by atoms with Gasteiger partial charge in [-0.05, 0) is 24.8 Å². The van der Waals surface area contributed by atoms with E-state index in [9.17, 15) is 5.11 Å². The molecule has 0 rings (SSSR count). The Balaban J connectivity index is 3.25. The quantitative estimate of drug-likeness (QED) is 0.524. The molecule has 0 aromatic carbocycles. The van der Waals surface area contributed by atoms with Gasteiger partial charge in [-0.15, -0.1) is 0 Å². The average molecular weight is 141 g/mol. The summed E-state index contributed by atoms with van der Waals surface area (Å²) in [5.41, 5.74) is 0. The minimum absolute atomic E-state index is 0.816. The Hall–Kier alpha value is -0.460. The summed E-state index contributed by atoms with van der Waals surface area (Å²) >= 11 is 0. The Kier molecular flexibility index (Phi) is 6.35. The van der Waals surface area contributed by atoms with Gasteiger partial charge in [0.15, 0.2) is 0 Å². The molecule has 0 saturated carbocycles. The third-order valence-corrected chi connectivity index (χ3v) is 1.99. The van der Waals surface area contributed by atoms with Crippen LogP contribution < -0.4 is 0 Å². The topological polar surface area (TPSA) is 19.9 Å². The van der Waals surface area contributed by atoms with Crippen LogP contribution in [0.15, 0.2) is 12.3 Å². The predicted octanol–water partition coefficient (Wildman–Crippen LogP) is 3.15. The predicted molar refractivity (Wildman–Crippen MR) is 43.1 cm³/mol. The molecule has 0 unspecified atom stereocenters. The van der Waals surface area contributed by atoms with Crippen molar-refractivity contribution in [3.8, 4) is 0 Å². The fourth-order valence-electron chi connectivity index (χ4n) is 1.10. The van der Waals surface area contributed by atoms with Gasteiger partial charge in [-0.1, -0.05) is 26.7 Å². The van der Waals surface area contributed by atoms with Crippen molar-refractivity contribution in [3.63, 3.8) is 0 Å². The zero-order chi connectivity index (χ0) is 7.82. The molecule has 0 aliphatic carbocycles. The molecule has 1 nitrogen and oxygen atoms in total. The number of hydrogen-bond donors (Lipinski definition) is 0. The first-order chi connectivity index (χ1) is 4.85. The maximum Gasteiger partial charge on any atom is 0.138 e. The Morgan fingerprint density at radius 1 is 1.30 bits per heavy atom. The maximum absolute atomic E-state index is 9.91. The largest absolute Gasteiger partial charge is 0.299 e. The van der Waals surface area contributed by atoms with Crippen molar-refractivity contribution < 1.29 is 5.11 Å². The fourth-order valence-corrected chi connectivity index (χ4v) is 1.10. The Bertz CT molecular complexity index is 82.7. The third-order valence-electron chi connectivity index (χ3n) is 1.99. The molecule has 0 fully saturated rings. The summed E-state index contributed by atoms with van der Waals surface area (Å²) in [6.45, 7) is 4.41. The normalized spacial score (nSPS) is 11.5. The van der Waals surface area contributed by atoms with E-state index in [1.54, 1.807) is 6.08 Å². The second-order valence-electron chi connectivity index (χ2n) is 2.63. The number of allylic oxidation sites excluding steroid dienone is 1. The highest BCUT2D eigenvalue weighted by molar-refractivity contribution is 4.72. The maximum atomic E-state index is 9.91. The zero-order valence-electron chi connectivity index (χ0n) is 6.97. The molecule has 0 aliphatic rings. The van der Waals surface area contributed by atoms with Crippen molar-refractivity contribution in [2.24, 2.45) is 5.92 Å². The van der Waals surface area contributed by atoms with Gasteiger partial charge in [0, 0.05) is 0 Å². The van der Waals surface area contributed by atoms with Crippen LogP contribution in [0.25, 0.3) is 0 Å². The highest BCUT2D eigenvalue weighted by Gasteiger charge is 2.00. The van der Waals surface area contributed by atoms with E-state index in [1.165, 1.54) is 19.3 Å². The first-order valence-corrected chi connectivity index (χ1v) is 4.12. The van der Waals surface area contributed by atoms with Crippen molar-refractivity contribution in [2.75, 3.05) is 0 Å². The van der Waals surface area contributed by atoms with Gasteiger partial charge in [-0.3, -0.25) is 5.11 Å². The van der Waals surface area contributed by atoms with Crippen molar-refractivity contribution in [1.82, 2.24) is 0 Å². The summed E-state index contributed by atoms with van der Waals surface area (Å²) in [7, 11) is 0. The Morgan fingerprint density at radius 2 is 1.90 bits per heavy atom. The summed E-state index contributed by atoms with van der Waals surface area (Å²) in [5.74, 6) is 0.816. The molecule has 0 N–H and O–H groups in total. The van der Waals surface area contributed by atoms with E-state index < -0.39 is 0 Å². The minimum atomic E-state index is 0.816. The van der Waals surface area contributed by atoms with E-state index in [-0.39, 0.29) is 0 Å². The lowest BCUT2D eigenvalue weighted by Gasteiger charge is -2.08. The second kappa shape index (κ2) is 6.66. The summed E-state index contributed by atoms with van der Waals surface area (Å²) in [6, 6.07) is 0. The molecule has 0 spiro atoms. The van der Waals surface area contributed by atoms with E-state index in [0.717, 1.165) is 18.6 Å². The zero-order valence-corrected chi connectivity index (χ0v) is 6.97. The van der Waals surface area contributed by atoms with Crippen LogP contribution in [0.3, 0.4) is 0 Å². The molecule has 10 heavy (non-hydrogen) atoms. The van der Waals surface area contributed by atoms with Crippen molar-refractivity contribution in [3.05, 3.63) is 12.3 Å².